The summed E-state index contributed by atoms with van der Waals surface area (Å²) in [5, 5.41) is 17.3. The third kappa shape index (κ3) is 3.90. The Morgan fingerprint density at radius 1 is 1.27 bits per heavy atom. The SMILES string of the molecule is Cc1nnc(SCc2ccccc2)n1NC(=O)c1ccc(C#N)cc1F. The minimum atomic E-state index is -0.759. The fraction of sp³-hybridized carbons (Fsp3) is 0.111. The van der Waals surface area contributed by atoms with Crippen LogP contribution in [0.4, 0.5) is 4.39 Å². The molecule has 130 valence electrons. The molecule has 0 saturated heterocycles. The molecule has 26 heavy (non-hydrogen) atoms. The summed E-state index contributed by atoms with van der Waals surface area (Å²) in [6, 6.07) is 15.3. The first-order valence-electron chi connectivity index (χ1n) is 7.68. The van der Waals surface area contributed by atoms with E-state index in [2.05, 4.69) is 15.6 Å². The monoisotopic (exact) mass is 367 g/mol. The Kier molecular flexibility index (Phi) is 5.29. The van der Waals surface area contributed by atoms with Crippen LogP contribution in [-0.2, 0) is 5.75 Å². The standard InChI is InChI=1S/C18H14FN5OS/c1-12-21-22-18(26-11-13-5-3-2-4-6-13)24(12)23-17(25)15-8-7-14(10-20)9-16(15)19/h2-9H,11H2,1H3,(H,23,25). The number of rotatable bonds is 5. The predicted molar refractivity (Wildman–Crippen MR) is 95.6 cm³/mol. The summed E-state index contributed by atoms with van der Waals surface area (Å²) in [5.74, 6) is -0.273. The van der Waals surface area contributed by atoms with E-state index in [1.165, 1.54) is 28.6 Å². The minimum absolute atomic E-state index is 0.152. The molecule has 2 aromatic carbocycles. The number of amides is 1. The van der Waals surface area contributed by atoms with Crippen LogP contribution < -0.4 is 5.43 Å². The van der Waals surface area contributed by atoms with Crippen LogP contribution in [-0.4, -0.2) is 20.8 Å². The number of aryl methyl sites for hydroxylation is 1. The summed E-state index contributed by atoms with van der Waals surface area (Å²) >= 11 is 1.41. The number of carbonyl (C=O) groups is 1. The molecule has 1 amide bonds. The smallest absolute Gasteiger partial charge is 0.267 e. The molecule has 1 heterocycles. The number of nitriles is 1. The number of aromatic nitrogens is 3. The van der Waals surface area contributed by atoms with Crippen LogP contribution in [0.2, 0.25) is 0 Å². The van der Waals surface area contributed by atoms with Gasteiger partial charge in [-0.3, -0.25) is 10.2 Å². The summed E-state index contributed by atoms with van der Waals surface area (Å²) < 4.78 is 15.5. The summed E-state index contributed by atoms with van der Waals surface area (Å²) in [6.07, 6.45) is 0. The number of nitrogens with zero attached hydrogens (tertiary/aromatic N) is 4. The Labute approximate surface area is 153 Å². The maximum Gasteiger partial charge on any atom is 0.273 e. The van der Waals surface area contributed by atoms with Crippen LogP contribution in [0.1, 0.15) is 27.3 Å². The van der Waals surface area contributed by atoms with E-state index in [0.717, 1.165) is 11.6 Å². The van der Waals surface area contributed by atoms with Crippen LogP contribution in [0.5, 0.6) is 0 Å². The van der Waals surface area contributed by atoms with Crippen molar-refractivity contribution in [2.75, 3.05) is 5.43 Å². The van der Waals surface area contributed by atoms with E-state index < -0.39 is 11.7 Å². The fourth-order valence-corrected chi connectivity index (χ4v) is 3.11. The molecule has 0 atom stereocenters. The molecular weight excluding hydrogens is 353 g/mol. The highest BCUT2D eigenvalue weighted by atomic mass is 32.2. The third-order valence-electron chi connectivity index (χ3n) is 3.56. The molecule has 0 radical (unpaired) electrons. The highest BCUT2D eigenvalue weighted by Crippen LogP contribution is 2.21. The van der Waals surface area contributed by atoms with Gasteiger partial charge in [-0.25, -0.2) is 9.07 Å². The van der Waals surface area contributed by atoms with Gasteiger partial charge in [0.15, 0.2) is 0 Å². The van der Waals surface area contributed by atoms with Crippen LogP contribution >= 0.6 is 11.8 Å². The maximum absolute atomic E-state index is 14.0. The van der Waals surface area contributed by atoms with Gasteiger partial charge in [0.2, 0.25) is 5.16 Å². The summed E-state index contributed by atoms with van der Waals surface area (Å²) in [5.41, 5.74) is 3.70. The highest BCUT2D eigenvalue weighted by molar-refractivity contribution is 7.98. The maximum atomic E-state index is 14.0. The van der Waals surface area contributed by atoms with Gasteiger partial charge in [0.1, 0.15) is 11.6 Å². The van der Waals surface area contributed by atoms with Crippen molar-refractivity contribution < 1.29 is 9.18 Å². The molecule has 1 aromatic heterocycles. The van der Waals surface area contributed by atoms with E-state index in [-0.39, 0.29) is 11.1 Å². The quantitative estimate of drug-likeness (QED) is 0.700. The molecular formula is C18H14FN5OS. The zero-order valence-corrected chi connectivity index (χ0v) is 14.6. The van der Waals surface area contributed by atoms with Crippen LogP contribution in [0, 0.1) is 24.1 Å². The van der Waals surface area contributed by atoms with Gasteiger partial charge in [-0.05, 0) is 30.7 Å². The van der Waals surface area contributed by atoms with Gasteiger partial charge in [0.05, 0.1) is 17.2 Å². The van der Waals surface area contributed by atoms with Crippen molar-refractivity contribution in [2.45, 2.75) is 17.8 Å². The van der Waals surface area contributed by atoms with E-state index in [9.17, 15) is 9.18 Å². The molecule has 0 aliphatic heterocycles. The zero-order valence-electron chi connectivity index (χ0n) is 13.8. The second kappa shape index (κ2) is 7.80. The predicted octanol–water partition coefficient (Wildman–Crippen LogP) is 3.27. The first kappa shape index (κ1) is 17.6. The molecule has 0 saturated carbocycles. The van der Waals surface area contributed by atoms with Gasteiger partial charge >= 0.3 is 0 Å². The summed E-state index contributed by atoms with van der Waals surface area (Å²) in [4.78, 5) is 12.4. The van der Waals surface area contributed by atoms with Crippen molar-refractivity contribution in [2.24, 2.45) is 0 Å². The average Bonchev–Trinajstić information content (AvgIpc) is 3.00. The van der Waals surface area contributed by atoms with E-state index >= 15 is 0 Å². The van der Waals surface area contributed by atoms with E-state index in [0.29, 0.717) is 16.7 Å². The van der Waals surface area contributed by atoms with Crippen molar-refractivity contribution in [1.82, 2.24) is 14.9 Å². The van der Waals surface area contributed by atoms with Gasteiger partial charge in [0, 0.05) is 5.75 Å². The fourth-order valence-electron chi connectivity index (χ4n) is 2.22. The Morgan fingerprint density at radius 2 is 2.04 bits per heavy atom. The molecule has 6 nitrogen and oxygen atoms in total. The lowest BCUT2D eigenvalue weighted by Gasteiger charge is -2.10. The third-order valence-corrected chi connectivity index (χ3v) is 4.56. The van der Waals surface area contributed by atoms with Gasteiger partial charge in [0.25, 0.3) is 5.91 Å². The molecule has 0 aliphatic rings. The minimum Gasteiger partial charge on any atom is -0.267 e. The topological polar surface area (TPSA) is 83.6 Å². The average molecular weight is 367 g/mol. The van der Waals surface area contributed by atoms with Gasteiger partial charge in [-0.15, -0.1) is 10.2 Å². The number of carbonyl (C=O) groups excluding carboxylic acids is 1. The lowest BCUT2D eigenvalue weighted by Crippen LogP contribution is -2.25. The molecule has 0 unspecified atom stereocenters. The molecule has 1 N–H and O–H groups in total. The number of hydrogen-bond acceptors (Lipinski definition) is 5. The Bertz CT molecular complexity index is 981. The molecule has 3 rings (SSSR count). The first-order valence-corrected chi connectivity index (χ1v) is 8.67. The largest absolute Gasteiger partial charge is 0.273 e. The van der Waals surface area contributed by atoms with E-state index in [4.69, 9.17) is 5.26 Å². The summed E-state index contributed by atoms with van der Waals surface area (Å²) in [7, 11) is 0. The number of halogens is 1. The second-order valence-corrected chi connectivity index (χ2v) is 6.33. The Hall–Kier alpha value is -3.18. The van der Waals surface area contributed by atoms with Crippen molar-refractivity contribution in [3.05, 3.63) is 76.9 Å². The van der Waals surface area contributed by atoms with Gasteiger partial charge in [-0.2, -0.15) is 5.26 Å². The van der Waals surface area contributed by atoms with E-state index in [1.807, 2.05) is 36.4 Å². The first-order chi connectivity index (χ1) is 12.6. The molecule has 0 spiro atoms. The van der Waals surface area contributed by atoms with Gasteiger partial charge in [-0.1, -0.05) is 42.1 Å². The van der Waals surface area contributed by atoms with Crippen molar-refractivity contribution in [3.63, 3.8) is 0 Å². The number of nitrogens with one attached hydrogen (secondary N) is 1. The zero-order chi connectivity index (χ0) is 18.5. The molecule has 8 heteroatoms. The molecule has 3 aromatic rings. The van der Waals surface area contributed by atoms with Crippen LogP contribution in [0.3, 0.4) is 0 Å². The number of hydrogen-bond donors (Lipinski definition) is 1. The normalized spacial score (nSPS) is 10.3. The van der Waals surface area contributed by atoms with Gasteiger partial charge < -0.3 is 0 Å². The van der Waals surface area contributed by atoms with Crippen molar-refractivity contribution in [3.8, 4) is 6.07 Å². The lowest BCUT2D eigenvalue weighted by molar-refractivity contribution is 0.100. The highest BCUT2D eigenvalue weighted by Gasteiger charge is 2.17. The Balaban J connectivity index is 1.76. The lowest BCUT2D eigenvalue weighted by atomic mass is 10.1. The van der Waals surface area contributed by atoms with Crippen molar-refractivity contribution in [1.29, 1.82) is 5.26 Å². The van der Waals surface area contributed by atoms with E-state index in [1.54, 1.807) is 6.92 Å². The number of thioether (sulfide) groups is 1. The molecule has 0 aliphatic carbocycles. The Morgan fingerprint density at radius 3 is 2.73 bits per heavy atom. The van der Waals surface area contributed by atoms with Crippen molar-refractivity contribution >= 4 is 17.7 Å². The summed E-state index contributed by atoms with van der Waals surface area (Å²) in [6.45, 7) is 1.69. The number of benzene rings is 2. The second-order valence-electron chi connectivity index (χ2n) is 5.39. The molecule has 0 bridgehead atoms. The van der Waals surface area contributed by atoms with Crippen LogP contribution in [0.15, 0.2) is 53.7 Å². The molecule has 0 fully saturated rings. The van der Waals surface area contributed by atoms with Crippen LogP contribution in [0.25, 0.3) is 0 Å².